The van der Waals surface area contributed by atoms with Crippen LogP contribution in [0.2, 0.25) is 5.02 Å². The van der Waals surface area contributed by atoms with E-state index in [0.29, 0.717) is 36.4 Å². The van der Waals surface area contributed by atoms with Crippen LogP contribution in [0.1, 0.15) is 18.4 Å². The van der Waals surface area contributed by atoms with Crippen molar-refractivity contribution in [3.05, 3.63) is 53.0 Å². The van der Waals surface area contributed by atoms with Crippen LogP contribution < -0.4 is 11.1 Å². The van der Waals surface area contributed by atoms with Gasteiger partial charge < -0.3 is 15.5 Å². The summed E-state index contributed by atoms with van der Waals surface area (Å²) in [5, 5.41) is 7.68. The summed E-state index contributed by atoms with van der Waals surface area (Å²) >= 11 is 5.79. The first-order valence-corrected chi connectivity index (χ1v) is 10.3. The van der Waals surface area contributed by atoms with Gasteiger partial charge >= 0.3 is 0 Å². The average Bonchev–Trinajstić information content (AvgIpc) is 3.49. The molecule has 1 fully saturated rings. The van der Waals surface area contributed by atoms with Gasteiger partial charge in [0.15, 0.2) is 5.76 Å². The normalized spacial score (nSPS) is 16.9. The van der Waals surface area contributed by atoms with E-state index in [1.807, 2.05) is 6.07 Å². The molecule has 0 saturated carbocycles. The van der Waals surface area contributed by atoms with Gasteiger partial charge in [-0.3, -0.25) is 4.90 Å². The molecule has 0 bridgehead atoms. The van der Waals surface area contributed by atoms with Gasteiger partial charge in [0.25, 0.3) is 5.78 Å². The summed E-state index contributed by atoms with van der Waals surface area (Å²) < 4.78 is 20.5. The quantitative estimate of drug-likeness (QED) is 0.468. The van der Waals surface area contributed by atoms with Crippen molar-refractivity contribution in [1.82, 2.24) is 29.5 Å². The number of likely N-dealkylation sites (tertiary alicyclic amines) is 1. The van der Waals surface area contributed by atoms with Gasteiger partial charge in [-0.1, -0.05) is 17.7 Å². The lowest BCUT2D eigenvalue weighted by Crippen LogP contribution is -2.34. The van der Waals surface area contributed by atoms with Crippen LogP contribution in [0.5, 0.6) is 0 Å². The standard InChI is InChI=1S/C20H20ClFN8O/c21-14-6-5-12(9-15(14)22)11-29-7-1-3-13(29)10-24-19-26-18(23)30-20(27-19)25-17(28-30)16-4-2-8-31-16/h2,4-6,8-9,13H,1,3,7,10-11H2,(H3,23,24,25,26,27,28). The lowest BCUT2D eigenvalue weighted by atomic mass is 10.1. The molecule has 0 radical (unpaired) electrons. The van der Waals surface area contributed by atoms with E-state index < -0.39 is 5.82 Å². The van der Waals surface area contributed by atoms with Crippen LogP contribution in [-0.4, -0.2) is 48.6 Å². The van der Waals surface area contributed by atoms with E-state index in [2.05, 4.69) is 30.3 Å². The van der Waals surface area contributed by atoms with Gasteiger partial charge in [-0.05, 0) is 49.2 Å². The van der Waals surface area contributed by atoms with E-state index >= 15 is 0 Å². The number of rotatable bonds is 6. The molecular formula is C20H20ClFN8O. The molecule has 0 spiro atoms. The molecule has 160 valence electrons. The maximum absolute atomic E-state index is 13.8. The number of nitrogens with one attached hydrogen (secondary N) is 1. The van der Waals surface area contributed by atoms with Crippen molar-refractivity contribution in [2.75, 3.05) is 24.1 Å². The van der Waals surface area contributed by atoms with Crippen molar-refractivity contribution in [1.29, 1.82) is 0 Å². The van der Waals surface area contributed by atoms with Gasteiger partial charge in [0, 0.05) is 19.1 Å². The smallest absolute Gasteiger partial charge is 0.259 e. The Morgan fingerprint density at radius 1 is 1.26 bits per heavy atom. The van der Waals surface area contributed by atoms with Crippen molar-refractivity contribution in [2.24, 2.45) is 0 Å². The summed E-state index contributed by atoms with van der Waals surface area (Å²) in [5.74, 6) is 1.42. The molecule has 1 atom stereocenters. The van der Waals surface area contributed by atoms with Crippen LogP contribution in [0.25, 0.3) is 17.4 Å². The number of anilines is 2. The maximum atomic E-state index is 13.8. The van der Waals surface area contributed by atoms with E-state index in [1.54, 1.807) is 24.5 Å². The molecule has 3 N–H and O–H groups in total. The summed E-state index contributed by atoms with van der Waals surface area (Å²) in [6.45, 7) is 2.22. The molecule has 1 aromatic carbocycles. The minimum atomic E-state index is -0.396. The van der Waals surface area contributed by atoms with Gasteiger partial charge in [-0.2, -0.15) is 19.5 Å². The third-order valence-corrected chi connectivity index (χ3v) is 5.65. The predicted octanol–water partition coefficient (Wildman–Crippen LogP) is 3.23. The third-order valence-electron chi connectivity index (χ3n) is 5.34. The van der Waals surface area contributed by atoms with Gasteiger partial charge in [0.05, 0.1) is 11.3 Å². The van der Waals surface area contributed by atoms with E-state index in [9.17, 15) is 4.39 Å². The fraction of sp³-hybridized carbons (Fsp3) is 0.300. The Morgan fingerprint density at radius 3 is 2.97 bits per heavy atom. The Kier molecular flexibility index (Phi) is 5.16. The summed E-state index contributed by atoms with van der Waals surface area (Å²) in [4.78, 5) is 15.4. The average molecular weight is 443 g/mol. The Balaban J connectivity index is 1.28. The summed E-state index contributed by atoms with van der Waals surface area (Å²) in [5.41, 5.74) is 6.94. The summed E-state index contributed by atoms with van der Waals surface area (Å²) in [7, 11) is 0. The molecule has 1 aliphatic heterocycles. The fourth-order valence-corrected chi connectivity index (χ4v) is 3.93. The van der Waals surface area contributed by atoms with E-state index in [1.165, 1.54) is 10.6 Å². The first-order valence-electron chi connectivity index (χ1n) is 9.93. The number of nitrogens with zero attached hydrogens (tertiary/aromatic N) is 6. The van der Waals surface area contributed by atoms with Crippen molar-refractivity contribution >= 4 is 29.3 Å². The van der Waals surface area contributed by atoms with Crippen LogP contribution in [-0.2, 0) is 6.54 Å². The predicted molar refractivity (Wildman–Crippen MR) is 114 cm³/mol. The van der Waals surface area contributed by atoms with Crippen molar-refractivity contribution < 1.29 is 8.81 Å². The number of hydrogen-bond donors (Lipinski definition) is 2. The lowest BCUT2D eigenvalue weighted by Gasteiger charge is -2.24. The van der Waals surface area contributed by atoms with Gasteiger partial charge in [0.1, 0.15) is 5.82 Å². The minimum absolute atomic E-state index is 0.136. The van der Waals surface area contributed by atoms with Crippen LogP contribution in [0.4, 0.5) is 16.3 Å². The third kappa shape index (κ3) is 4.04. The second-order valence-electron chi connectivity index (χ2n) is 7.43. The van der Waals surface area contributed by atoms with Crippen molar-refractivity contribution in [2.45, 2.75) is 25.4 Å². The zero-order valence-electron chi connectivity index (χ0n) is 16.5. The molecule has 4 heterocycles. The second kappa shape index (κ2) is 8.12. The highest BCUT2D eigenvalue weighted by Gasteiger charge is 2.25. The Hall–Kier alpha value is -3.24. The van der Waals surface area contributed by atoms with Crippen molar-refractivity contribution in [3.63, 3.8) is 0 Å². The van der Waals surface area contributed by atoms with Crippen LogP contribution in [0.15, 0.2) is 41.0 Å². The van der Waals surface area contributed by atoms with Gasteiger partial charge in [-0.25, -0.2) is 4.39 Å². The molecular weight excluding hydrogens is 423 g/mol. The molecule has 1 aliphatic rings. The Labute approximate surface area is 182 Å². The van der Waals surface area contributed by atoms with E-state index in [4.69, 9.17) is 21.8 Å². The number of benzene rings is 1. The number of nitrogen functional groups attached to an aromatic ring is 1. The van der Waals surface area contributed by atoms with Crippen LogP contribution in [0, 0.1) is 5.82 Å². The molecule has 11 heteroatoms. The largest absolute Gasteiger partial charge is 0.461 e. The first kappa shape index (κ1) is 19.7. The van der Waals surface area contributed by atoms with Gasteiger partial charge in [0.2, 0.25) is 17.7 Å². The molecule has 31 heavy (non-hydrogen) atoms. The number of hydrogen-bond acceptors (Lipinski definition) is 8. The number of halogens is 2. The first-order chi connectivity index (χ1) is 15.1. The summed E-state index contributed by atoms with van der Waals surface area (Å²) in [6.07, 6.45) is 3.64. The molecule has 4 aromatic rings. The second-order valence-corrected chi connectivity index (χ2v) is 7.83. The topological polar surface area (TPSA) is 110 Å². The zero-order chi connectivity index (χ0) is 21.4. The van der Waals surface area contributed by atoms with Gasteiger partial charge in [-0.15, -0.1) is 5.10 Å². The molecule has 0 aliphatic carbocycles. The Bertz CT molecular complexity index is 1210. The lowest BCUT2D eigenvalue weighted by molar-refractivity contribution is 0.253. The molecule has 5 rings (SSSR count). The Morgan fingerprint density at radius 2 is 2.16 bits per heavy atom. The monoisotopic (exact) mass is 442 g/mol. The van der Waals surface area contributed by atoms with Crippen LogP contribution in [0.3, 0.4) is 0 Å². The van der Waals surface area contributed by atoms with E-state index in [0.717, 1.165) is 24.9 Å². The highest BCUT2D eigenvalue weighted by Crippen LogP contribution is 2.23. The molecule has 3 aromatic heterocycles. The van der Waals surface area contributed by atoms with E-state index in [-0.39, 0.29) is 17.0 Å². The molecule has 9 nitrogen and oxygen atoms in total. The minimum Gasteiger partial charge on any atom is -0.461 e. The number of aromatic nitrogens is 5. The number of nitrogens with two attached hydrogens (primary N) is 1. The zero-order valence-corrected chi connectivity index (χ0v) is 17.3. The number of fused-ring (bicyclic) bond motifs is 1. The SMILES string of the molecule is Nc1nc(NCC2CCCN2Cc2ccc(Cl)c(F)c2)nc2nc(-c3ccco3)nn12. The highest BCUT2D eigenvalue weighted by molar-refractivity contribution is 6.30. The highest BCUT2D eigenvalue weighted by atomic mass is 35.5. The summed E-state index contributed by atoms with van der Waals surface area (Å²) in [6, 6.07) is 8.72. The molecule has 1 unspecified atom stereocenters. The van der Waals surface area contributed by atoms with Crippen LogP contribution >= 0.6 is 11.6 Å². The fourth-order valence-electron chi connectivity index (χ4n) is 3.81. The molecule has 1 saturated heterocycles. The van der Waals surface area contributed by atoms with Crippen molar-refractivity contribution in [3.8, 4) is 11.6 Å². The molecule has 0 amide bonds. The number of furan rings is 1. The maximum Gasteiger partial charge on any atom is 0.259 e.